The predicted molar refractivity (Wildman–Crippen MR) is 243 cm³/mol. The second-order valence-electron chi connectivity index (χ2n) is 17.3. The van der Waals surface area contributed by atoms with Crippen LogP contribution in [0, 0.1) is 0 Å². The first-order valence-corrected chi connectivity index (χ1v) is 22.8. The van der Waals surface area contributed by atoms with E-state index in [0.29, 0.717) is 54.0 Å². The van der Waals surface area contributed by atoms with E-state index in [9.17, 15) is 19.2 Å². The van der Waals surface area contributed by atoms with Crippen molar-refractivity contribution >= 4 is 46.2 Å². The molecule has 0 aliphatic carbocycles. The number of nitrogens with zero attached hydrogens (tertiary/aromatic N) is 8. The highest BCUT2D eigenvalue weighted by atomic mass is 16.5. The summed E-state index contributed by atoms with van der Waals surface area (Å²) in [4.78, 5) is 68.4. The van der Waals surface area contributed by atoms with E-state index in [0.717, 1.165) is 119 Å². The number of nitrogens with one attached hydrogen (secondary N) is 2. The highest BCUT2D eigenvalue weighted by Crippen LogP contribution is 2.36. The summed E-state index contributed by atoms with van der Waals surface area (Å²) in [7, 11) is 0. The van der Waals surface area contributed by atoms with Gasteiger partial charge in [-0.25, -0.2) is 14.6 Å². The smallest absolute Gasteiger partial charge is 0.255 e. The van der Waals surface area contributed by atoms with Gasteiger partial charge in [-0.05, 0) is 100 Å². The summed E-state index contributed by atoms with van der Waals surface area (Å²) in [6, 6.07) is 22.5. The molecule has 16 nitrogen and oxygen atoms in total. The number of rotatable bonds is 16. The number of ether oxygens (including phenoxy) is 1. The molecule has 3 fully saturated rings. The highest BCUT2D eigenvalue weighted by Gasteiger charge is 2.40. The van der Waals surface area contributed by atoms with E-state index in [1.54, 1.807) is 4.90 Å². The zero-order valence-corrected chi connectivity index (χ0v) is 36.3. The minimum absolute atomic E-state index is 0.0234. The molecule has 0 radical (unpaired) electrons. The Labute approximate surface area is 373 Å². The number of nitrogen functional groups attached to an aromatic ring is 1. The number of anilines is 2. The lowest BCUT2D eigenvalue weighted by Gasteiger charge is -2.35. The summed E-state index contributed by atoms with van der Waals surface area (Å²) in [5.41, 5.74) is 11.2. The number of hydrogen-bond acceptors (Lipinski definition) is 12. The van der Waals surface area contributed by atoms with Crippen LogP contribution in [0.5, 0.6) is 11.5 Å². The number of para-hydroxylation sites is 1. The van der Waals surface area contributed by atoms with Gasteiger partial charge in [-0.2, -0.15) is 5.10 Å². The number of likely N-dealkylation sites (tertiary alicyclic amines) is 1. The number of aromatic nitrogens is 4. The van der Waals surface area contributed by atoms with Crippen LogP contribution in [0.3, 0.4) is 0 Å². The molecule has 16 heteroatoms. The van der Waals surface area contributed by atoms with Crippen LogP contribution < -0.4 is 21.1 Å². The maximum Gasteiger partial charge on any atom is 0.255 e. The maximum atomic E-state index is 13.6. The van der Waals surface area contributed by atoms with Crippen LogP contribution in [0.1, 0.15) is 79.8 Å². The van der Waals surface area contributed by atoms with Crippen LogP contribution in [-0.4, -0.2) is 128 Å². The van der Waals surface area contributed by atoms with Crippen molar-refractivity contribution in [2.45, 2.75) is 76.4 Å². The average Bonchev–Trinajstić information content (AvgIpc) is 3.88. The molecular weight excluding hydrogens is 811 g/mol. The number of carbonyl (C=O) groups is 4. The van der Waals surface area contributed by atoms with Gasteiger partial charge in [-0.1, -0.05) is 30.7 Å². The van der Waals surface area contributed by atoms with Gasteiger partial charge in [-0.3, -0.25) is 24.5 Å². The number of benzene rings is 3. The normalized spacial score (nSPS) is 19.5. The fourth-order valence-corrected chi connectivity index (χ4v) is 9.60. The Morgan fingerprint density at radius 2 is 1.59 bits per heavy atom. The minimum Gasteiger partial charge on any atom is -0.457 e. The number of piperazine rings is 1. The van der Waals surface area contributed by atoms with E-state index in [1.807, 2.05) is 82.4 Å². The Morgan fingerprint density at radius 3 is 2.38 bits per heavy atom. The van der Waals surface area contributed by atoms with Crippen molar-refractivity contribution in [2.75, 3.05) is 70.0 Å². The average molecular weight is 868 g/mol. The van der Waals surface area contributed by atoms with Crippen LogP contribution in [0.4, 0.5) is 11.5 Å². The van der Waals surface area contributed by atoms with Crippen molar-refractivity contribution in [3.63, 3.8) is 0 Å². The number of fused-ring (bicyclic) bond motifs is 2. The first-order valence-electron chi connectivity index (χ1n) is 22.8. The van der Waals surface area contributed by atoms with Crippen LogP contribution in [0.15, 0.2) is 79.1 Å². The minimum atomic E-state index is -0.613. The number of amides is 4. The fraction of sp³-hybridized carbons (Fsp3) is 0.438. The van der Waals surface area contributed by atoms with Crippen molar-refractivity contribution in [3.8, 4) is 22.8 Å². The van der Waals surface area contributed by atoms with Crippen LogP contribution in [0.25, 0.3) is 22.3 Å². The number of imide groups is 1. The number of piperidine rings is 2. The fourth-order valence-electron chi connectivity index (χ4n) is 9.60. The molecule has 0 spiro atoms. The molecule has 6 heterocycles. The van der Waals surface area contributed by atoms with Crippen molar-refractivity contribution in [3.05, 3.63) is 90.3 Å². The summed E-state index contributed by atoms with van der Waals surface area (Å²) in [5, 5.41) is 11.7. The maximum absolute atomic E-state index is 13.6. The second kappa shape index (κ2) is 19.6. The van der Waals surface area contributed by atoms with Gasteiger partial charge in [-0.15, -0.1) is 0 Å². The molecular formula is C48H57N11O5. The van der Waals surface area contributed by atoms with E-state index >= 15 is 0 Å². The van der Waals surface area contributed by atoms with Crippen molar-refractivity contribution in [1.29, 1.82) is 0 Å². The lowest BCUT2D eigenvalue weighted by atomic mass is 10.0. The quantitative estimate of drug-likeness (QED) is 0.0841. The molecule has 4 aliphatic rings. The molecule has 9 rings (SSSR count). The molecule has 0 saturated carbocycles. The number of unbranched alkanes of at least 4 members (excludes halogenated alkanes) is 2. The molecule has 3 aromatic carbocycles. The van der Waals surface area contributed by atoms with Crippen LogP contribution in [-0.2, 0) is 20.9 Å². The lowest BCUT2D eigenvalue weighted by Crippen LogP contribution is -2.52. The van der Waals surface area contributed by atoms with Crippen molar-refractivity contribution in [1.82, 2.24) is 44.7 Å². The molecule has 0 bridgehead atoms. The molecule has 2 atom stereocenters. The van der Waals surface area contributed by atoms with E-state index in [4.69, 9.17) is 15.6 Å². The van der Waals surface area contributed by atoms with Gasteiger partial charge in [0.05, 0.1) is 11.4 Å². The first-order chi connectivity index (χ1) is 31.3. The second-order valence-corrected chi connectivity index (χ2v) is 17.3. The standard InChI is InChI=1S/C48H57N11O5/c49-45-43-44(33-16-18-36(19-17-33)64-35-11-3-1-4-12-35)54-59(46(43)52-32-51-45)34-10-8-25-57(30-34)42(61)15-9-24-56-28-26-55(27-29-56)23-6-2-5-22-50-39-14-7-13-37-38(39)31-58(48(37)63)40-20-21-41(60)53-47(40)62/h1,3-4,7,11-14,16-19,32,34,40,50H,2,5-6,8-10,15,20-31H2,(H2,49,51,52)(H,53,60,62). The van der Waals surface area contributed by atoms with Crippen LogP contribution >= 0.6 is 0 Å². The van der Waals surface area contributed by atoms with E-state index < -0.39 is 11.9 Å². The number of carbonyl (C=O) groups excluding carboxylic acids is 4. The Hall–Kier alpha value is -6.39. The molecule has 5 aromatic rings. The molecule has 334 valence electrons. The van der Waals surface area contributed by atoms with Crippen molar-refractivity contribution < 1.29 is 23.9 Å². The Bertz CT molecular complexity index is 2470. The van der Waals surface area contributed by atoms with Gasteiger partial charge in [0, 0.05) is 87.6 Å². The van der Waals surface area contributed by atoms with E-state index in [2.05, 4.69) is 30.4 Å². The third-order valence-corrected chi connectivity index (χ3v) is 13.1. The SMILES string of the molecule is Nc1ncnc2c1c(-c1ccc(Oc3ccccc3)cc1)nn2C1CCCN(C(=O)CCCN2CCN(CCCCCNc3cccc4c3CN(C3CCC(=O)NC3=O)C4=O)CC2)C1. The lowest BCUT2D eigenvalue weighted by molar-refractivity contribution is -0.137. The number of hydrogen-bond donors (Lipinski definition) is 3. The topological polar surface area (TPSA) is 184 Å². The summed E-state index contributed by atoms with van der Waals surface area (Å²) < 4.78 is 7.96. The van der Waals surface area contributed by atoms with Gasteiger partial charge in [0.15, 0.2) is 5.65 Å². The summed E-state index contributed by atoms with van der Waals surface area (Å²) in [6.07, 6.45) is 8.46. The predicted octanol–water partition coefficient (Wildman–Crippen LogP) is 5.47. The summed E-state index contributed by atoms with van der Waals surface area (Å²) >= 11 is 0. The Kier molecular flexibility index (Phi) is 13.1. The Balaban J connectivity index is 0.685. The van der Waals surface area contributed by atoms with Gasteiger partial charge >= 0.3 is 0 Å². The zero-order chi connectivity index (χ0) is 44.0. The largest absolute Gasteiger partial charge is 0.457 e. The molecule has 3 saturated heterocycles. The third-order valence-electron chi connectivity index (χ3n) is 13.1. The monoisotopic (exact) mass is 867 g/mol. The molecule has 64 heavy (non-hydrogen) atoms. The van der Waals surface area contributed by atoms with Crippen molar-refractivity contribution in [2.24, 2.45) is 0 Å². The van der Waals surface area contributed by atoms with Crippen LogP contribution in [0.2, 0.25) is 0 Å². The Morgan fingerprint density at radius 1 is 0.828 bits per heavy atom. The molecule has 2 aromatic heterocycles. The highest BCUT2D eigenvalue weighted by molar-refractivity contribution is 6.06. The number of nitrogens with two attached hydrogens (primary N) is 1. The van der Waals surface area contributed by atoms with Gasteiger partial charge in [0.25, 0.3) is 5.91 Å². The first kappa shape index (κ1) is 42.9. The summed E-state index contributed by atoms with van der Waals surface area (Å²) in [5.74, 6) is 1.23. The third kappa shape index (κ3) is 9.57. The van der Waals surface area contributed by atoms with Gasteiger partial charge in [0.1, 0.15) is 35.4 Å². The van der Waals surface area contributed by atoms with Gasteiger partial charge < -0.3 is 35.4 Å². The molecule has 4 aliphatic heterocycles. The van der Waals surface area contributed by atoms with E-state index in [1.165, 1.54) is 6.33 Å². The molecule has 4 amide bonds. The molecule has 2 unspecified atom stereocenters. The zero-order valence-electron chi connectivity index (χ0n) is 36.3. The van der Waals surface area contributed by atoms with E-state index in [-0.39, 0.29) is 30.2 Å². The van der Waals surface area contributed by atoms with Gasteiger partial charge in [0.2, 0.25) is 17.7 Å². The molecule has 4 N–H and O–H groups in total. The summed E-state index contributed by atoms with van der Waals surface area (Å²) in [6.45, 7) is 8.58.